The molecule has 2 unspecified atom stereocenters. The van der Waals surface area contributed by atoms with Crippen LogP contribution >= 0.6 is 0 Å². The van der Waals surface area contributed by atoms with E-state index in [4.69, 9.17) is 9.97 Å². The zero-order chi connectivity index (χ0) is 19.3. The van der Waals surface area contributed by atoms with Crippen molar-refractivity contribution in [1.82, 2.24) is 20.8 Å². The van der Waals surface area contributed by atoms with Gasteiger partial charge in [-0.1, -0.05) is 30.3 Å². The Morgan fingerprint density at radius 2 is 1.82 bits per heavy atom. The van der Waals surface area contributed by atoms with Crippen molar-refractivity contribution in [2.24, 2.45) is 0 Å². The second-order valence-electron chi connectivity index (χ2n) is 8.00. The molecule has 2 fully saturated rings. The number of anilines is 2. The Kier molecular flexibility index (Phi) is 6.04. The van der Waals surface area contributed by atoms with Crippen molar-refractivity contribution >= 4 is 11.8 Å². The molecule has 0 spiro atoms. The highest BCUT2D eigenvalue weighted by atomic mass is 16.3. The maximum Gasteiger partial charge on any atom is 0.225 e. The number of hydrogen-bond acceptors (Lipinski definition) is 7. The number of benzene rings is 1. The molecule has 1 aromatic carbocycles. The van der Waals surface area contributed by atoms with E-state index >= 15 is 0 Å². The molecule has 0 radical (unpaired) electrons. The van der Waals surface area contributed by atoms with E-state index in [1.807, 2.05) is 12.1 Å². The van der Waals surface area contributed by atoms with Gasteiger partial charge in [0.15, 0.2) is 0 Å². The number of hydrogen-bond donors (Lipinski definition) is 5. The minimum Gasteiger partial charge on any atom is -0.393 e. The molecule has 5 N–H and O–H groups in total. The number of rotatable bonds is 6. The van der Waals surface area contributed by atoms with Crippen LogP contribution in [0, 0.1) is 0 Å². The highest BCUT2D eigenvalue weighted by molar-refractivity contribution is 5.44. The molecule has 1 saturated carbocycles. The molecular formula is C21H30N6O. The Morgan fingerprint density at radius 1 is 1.04 bits per heavy atom. The van der Waals surface area contributed by atoms with E-state index < -0.39 is 0 Å². The molecule has 7 nitrogen and oxygen atoms in total. The van der Waals surface area contributed by atoms with Crippen molar-refractivity contribution in [3.8, 4) is 0 Å². The minimum atomic E-state index is -0.163. The Bertz CT molecular complexity index is 763. The average molecular weight is 383 g/mol. The molecule has 1 aliphatic heterocycles. The van der Waals surface area contributed by atoms with Crippen molar-refractivity contribution in [2.75, 3.05) is 10.6 Å². The molecular weight excluding hydrogens is 352 g/mol. The highest BCUT2D eigenvalue weighted by Gasteiger charge is 2.22. The van der Waals surface area contributed by atoms with Gasteiger partial charge in [-0.15, -0.1) is 0 Å². The molecule has 2 atom stereocenters. The number of aliphatic hydroxyl groups is 1. The zero-order valence-electron chi connectivity index (χ0n) is 16.4. The van der Waals surface area contributed by atoms with E-state index in [0.29, 0.717) is 18.0 Å². The monoisotopic (exact) mass is 382 g/mol. The van der Waals surface area contributed by atoms with E-state index in [0.717, 1.165) is 50.0 Å². The van der Waals surface area contributed by atoms with Crippen molar-refractivity contribution in [1.29, 1.82) is 0 Å². The molecule has 0 bridgehead atoms. The molecule has 2 aliphatic rings. The fourth-order valence-corrected chi connectivity index (χ4v) is 3.92. The third-order valence-electron chi connectivity index (χ3n) is 5.45. The van der Waals surface area contributed by atoms with Gasteiger partial charge in [0.05, 0.1) is 18.0 Å². The van der Waals surface area contributed by atoms with Gasteiger partial charge in [0.25, 0.3) is 0 Å². The Morgan fingerprint density at radius 3 is 2.54 bits per heavy atom. The lowest BCUT2D eigenvalue weighted by Crippen LogP contribution is -2.37. The van der Waals surface area contributed by atoms with Crippen LogP contribution in [0.15, 0.2) is 36.4 Å². The summed E-state index contributed by atoms with van der Waals surface area (Å²) in [4.78, 5) is 9.48. The molecule has 28 heavy (non-hydrogen) atoms. The van der Waals surface area contributed by atoms with Crippen molar-refractivity contribution in [3.63, 3.8) is 0 Å². The van der Waals surface area contributed by atoms with Gasteiger partial charge in [-0.05, 0) is 44.6 Å². The van der Waals surface area contributed by atoms with Crippen molar-refractivity contribution in [3.05, 3.63) is 47.7 Å². The highest BCUT2D eigenvalue weighted by Crippen LogP contribution is 2.22. The van der Waals surface area contributed by atoms with Crippen LogP contribution in [0.3, 0.4) is 0 Å². The Balaban J connectivity index is 1.51. The molecule has 2 heterocycles. The summed E-state index contributed by atoms with van der Waals surface area (Å²) in [5.74, 6) is 1.49. The number of aromatic nitrogens is 2. The van der Waals surface area contributed by atoms with Gasteiger partial charge in [-0.25, -0.2) is 10.4 Å². The quantitative estimate of drug-likeness (QED) is 0.524. The van der Waals surface area contributed by atoms with Gasteiger partial charge in [0.2, 0.25) is 5.95 Å². The fourth-order valence-electron chi connectivity index (χ4n) is 3.92. The largest absolute Gasteiger partial charge is 0.393 e. The van der Waals surface area contributed by atoms with Gasteiger partial charge in [0, 0.05) is 24.6 Å². The first-order valence-corrected chi connectivity index (χ1v) is 10.3. The van der Waals surface area contributed by atoms with Crippen LogP contribution in [0.4, 0.5) is 11.8 Å². The predicted molar refractivity (Wildman–Crippen MR) is 111 cm³/mol. The van der Waals surface area contributed by atoms with Crippen LogP contribution in [0.2, 0.25) is 0 Å². The molecule has 1 aromatic heterocycles. The average Bonchev–Trinajstić information content (AvgIpc) is 3.09. The minimum absolute atomic E-state index is 0.146. The summed E-state index contributed by atoms with van der Waals surface area (Å²) < 4.78 is 0. The topological polar surface area (TPSA) is 94.1 Å². The van der Waals surface area contributed by atoms with Gasteiger partial charge in [0.1, 0.15) is 5.82 Å². The lowest BCUT2D eigenvalue weighted by atomic mass is 9.93. The summed E-state index contributed by atoms with van der Waals surface area (Å²) in [5, 5.41) is 16.7. The third kappa shape index (κ3) is 5.19. The molecule has 150 valence electrons. The molecule has 2 aromatic rings. The van der Waals surface area contributed by atoms with Crippen LogP contribution in [-0.4, -0.2) is 39.4 Å². The van der Waals surface area contributed by atoms with E-state index in [2.05, 4.69) is 52.7 Å². The summed E-state index contributed by atoms with van der Waals surface area (Å²) in [6, 6.07) is 13.2. The fraction of sp³-hybridized carbons (Fsp3) is 0.524. The summed E-state index contributed by atoms with van der Waals surface area (Å²) >= 11 is 0. The summed E-state index contributed by atoms with van der Waals surface area (Å²) in [6.45, 7) is 2.15. The molecule has 4 rings (SSSR count). The summed E-state index contributed by atoms with van der Waals surface area (Å²) in [7, 11) is 0. The van der Waals surface area contributed by atoms with Crippen LogP contribution in [-0.2, 0) is 6.42 Å². The smallest absolute Gasteiger partial charge is 0.225 e. The molecule has 1 saturated heterocycles. The number of nitrogens with zero attached hydrogens (tertiary/aromatic N) is 2. The number of aliphatic hydroxyl groups excluding tert-OH is 1. The normalized spacial score (nSPS) is 27.5. The first-order valence-electron chi connectivity index (χ1n) is 10.3. The third-order valence-corrected chi connectivity index (χ3v) is 5.45. The second-order valence-corrected chi connectivity index (χ2v) is 8.00. The molecule has 0 amide bonds. The predicted octanol–water partition coefficient (Wildman–Crippen LogP) is 2.41. The zero-order valence-corrected chi connectivity index (χ0v) is 16.4. The van der Waals surface area contributed by atoms with Gasteiger partial charge in [-0.2, -0.15) is 4.98 Å². The first kappa shape index (κ1) is 19.1. The van der Waals surface area contributed by atoms with Crippen LogP contribution in [0.25, 0.3) is 0 Å². The van der Waals surface area contributed by atoms with E-state index in [1.54, 1.807) is 0 Å². The van der Waals surface area contributed by atoms with Crippen molar-refractivity contribution in [2.45, 2.75) is 69.8 Å². The SMILES string of the molecule is CC1CC(Nc2cc(Cc3ccccc3)nc(NC3CCC(O)CC3)n2)NN1. The van der Waals surface area contributed by atoms with Gasteiger partial charge >= 0.3 is 0 Å². The van der Waals surface area contributed by atoms with Gasteiger partial charge < -0.3 is 15.7 Å². The Labute approximate surface area is 166 Å². The molecule has 1 aliphatic carbocycles. The van der Waals surface area contributed by atoms with E-state index in [9.17, 15) is 5.11 Å². The van der Waals surface area contributed by atoms with Crippen LogP contribution in [0.1, 0.15) is 50.3 Å². The summed E-state index contributed by atoms with van der Waals surface area (Å²) in [6.07, 6.45) is 5.30. The lowest BCUT2D eigenvalue weighted by Gasteiger charge is -2.26. The van der Waals surface area contributed by atoms with Crippen LogP contribution in [0.5, 0.6) is 0 Å². The second kappa shape index (κ2) is 8.86. The van der Waals surface area contributed by atoms with Crippen molar-refractivity contribution < 1.29 is 5.11 Å². The lowest BCUT2D eigenvalue weighted by molar-refractivity contribution is 0.126. The Hall–Kier alpha value is -2.22. The maximum atomic E-state index is 9.74. The maximum absolute atomic E-state index is 9.74. The standard InChI is InChI=1S/C21H30N6O/c1-14-11-20(27-26-14)24-19-13-17(12-15-5-3-2-4-6-15)23-21(25-19)22-16-7-9-18(28)10-8-16/h2-6,13-14,16,18,20,26-28H,7-12H2,1H3,(H2,22,23,24,25). The van der Waals surface area contributed by atoms with E-state index in [-0.39, 0.29) is 12.3 Å². The number of nitrogens with one attached hydrogen (secondary N) is 4. The molecule has 7 heteroatoms. The number of hydrazine groups is 1. The first-order chi connectivity index (χ1) is 13.6. The summed E-state index contributed by atoms with van der Waals surface area (Å²) in [5.41, 5.74) is 8.71. The van der Waals surface area contributed by atoms with Crippen LogP contribution < -0.4 is 21.5 Å². The van der Waals surface area contributed by atoms with E-state index in [1.165, 1.54) is 5.56 Å². The van der Waals surface area contributed by atoms with Gasteiger partial charge in [-0.3, -0.25) is 5.43 Å².